The predicted molar refractivity (Wildman–Crippen MR) is 186 cm³/mol. The summed E-state index contributed by atoms with van der Waals surface area (Å²) in [6.07, 6.45) is -8.50. The Labute approximate surface area is 312 Å². The van der Waals surface area contributed by atoms with Crippen LogP contribution in [0.15, 0.2) is 0 Å². The lowest BCUT2D eigenvalue weighted by molar-refractivity contribution is -0.373. The van der Waals surface area contributed by atoms with Crippen LogP contribution in [0.3, 0.4) is 0 Å². The second-order valence-corrected chi connectivity index (χ2v) is 18.8. The Bertz CT molecular complexity index is 1270. The van der Waals surface area contributed by atoms with E-state index in [1.165, 1.54) is 0 Å². The van der Waals surface area contributed by atoms with Crippen molar-refractivity contribution in [2.45, 2.75) is 178 Å². The monoisotopic (exact) mass is 758 g/mol. The molecule has 0 unspecified atom stereocenters. The first-order valence-electron chi connectivity index (χ1n) is 20.3. The molecule has 0 aromatic heterocycles. The summed E-state index contributed by atoms with van der Waals surface area (Å²) in [4.78, 5) is 0. The van der Waals surface area contributed by atoms with Crippen molar-refractivity contribution in [1.29, 1.82) is 0 Å². The van der Waals surface area contributed by atoms with Crippen LogP contribution < -0.4 is 0 Å². The van der Waals surface area contributed by atoms with Gasteiger partial charge in [-0.25, -0.2) is 0 Å². The van der Waals surface area contributed by atoms with Crippen LogP contribution in [0, 0.1) is 52.3 Å². The van der Waals surface area contributed by atoms with Crippen LogP contribution in [0.5, 0.6) is 0 Å². The first-order valence-corrected chi connectivity index (χ1v) is 20.3. The summed E-state index contributed by atoms with van der Waals surface area (Å²) in [5, 5.41) is 96.3. The molecule has 22 atom stereocenters. The van der Waals surface area contributed by atoms with Crippen molar-refractivity contribution >= 4 is 0 Å². The van der Waals surface area contributed by atoms with Crippen molar-refractivity contribution in [3.63, 3.8) is 0 Å². The van der Waals surface area contributed by atoms with Crippen molar-refractivity contribution in [3.8, 4) is 0 Å². The molecule has 14 heteroatoms. The zero-order chi connectivity index (χ0) is 38.4. The van der Waals surface area contributed by atoms with Gasteiger partial charge in [0.1, 0.15) is 48.8 Å². The molecule has 0 aromatic carbocycles. The summed E-state index contributed by atoms with van der Waals surface area (Å²) in [6, 6.07) is 0. The van der Waals surface area contributed by atoms with E-state index in [1.807, 2.05) is 0 Å². The summed E-state index contributed by atoms with van der Waals surface area (Å²) in [5.74, 6) is 0.445. The average molecular weight is 759 g/mol. The van der Waals surface area contributed by atoms with Gasteiger partial charge in [-0.1, -0.05) is 34.6 Å². The molecule has 0 spiro atoms. The highest BCUT2D eigenvalue weighted by Crippen LogP contribution is 2.71. The molecule has 0 aromatic rings. The Kier molecular flexibility index (Phi) is 11.5. The number of ether oxygens (including phenoxy) is 5. The molecule has 3 aliphatic heterocycles. The zero-order valence-corrected chi connectivity index (χ0v) is 31.9. The maximum atomic E-state index is 12.0. The molecule has 7 fully saturated rings. The van der Waals surface area contributed by atoms with Gasteiger partial charge in [-0.15, -0.1) is 0 Å². The van der Waals surface area contributed by atoms with Crippen LogP contribution in [0.1, 0.15) is 92.4 Å². The van der Waals surface area contributed by atoms with Gasteiger partial charge in [0.2, 0.25) is 0 Å². The van der Waals surface area contributed by atoms with E-state index in [0.29, 0.717) is 42.9 Å². The van der Waals surface area contributed by atoms with Crippen LogP contribution in [0.2, 0.25) is 0 Å². The van der Waals surface area contributed by atoms with E-state index in [2.05, 4.69) is 34.6 Å². The fourth-order valence-corrected chi connectivity index (χ4v) is 12.7. The van der Waals surface area contributed by atoms with Gasteiger partial charge in [-0.05, 0) is 91.8 Å². The van der Waals surface area contributed by atoms with Crippen molar-refractivity contribution in [3.05, 3.63) is 0 Å². The molecule has 53 heavy (non-hydrogen) atoms. The lowest BCUT2D eigenvalue weighted by atomic mass is 9.44. The van der Waals surface area contributed by atoms with Gasteiger partial charge < -0.3 is 69.6 Å². The highest BCUT2D eigenvalue weighted by molar-refractivity contribution is 5.18. The SMILES string of the molecule is CC(C)CC[C@@]1(O)O[C@H]2[C@H](O)[C@@H]3[C@@H]4CC[C@@H]5C[C@@H](O[C@@H]6O[C@H](CO)[C@H](O)[C@H](O)[C@H]6O[C@@H]6O[C@H](CO)[C@@H](O)[C@H](O)[C@H]6O)CC[C@]5(C)[C@H]4CC[C@@]3(C)[C@H]2[C@@H]1C. The molecular formula is C39H66O14. The normalized spacial score (nSPS) is 56.8. The average Bonchev–Trinajstić information content (AvgIpc) is 3.52. The molecule has 4 saturated carbocycles. The third-order valence-electron chi connectivity index (χ3n) is 15.7. The molecule has 4 aliphatic carbocycles. The fraction of sp³-hybridized carbons (Fsp3) is 1.00. The molecular weight excluding hydrogens is 692 g/mol. The molecule has 14 nitrogen and oxygen atoms in total. The third-order valence-corrected chi connectivity index (χ3v) is 15.7. The number of hydrogen-bond acceptors (Lipinski definition) is 14. The summed E-state index contributed by atoms with van der Waals surface area (Å²) in [7, 11) is 0. The number of hydrogen-bond donors (Lipinski definition) is 9. The van der Waals surface area contributed by atoms with E-state index in [-0.39, 0.29) is 40.8 Å². The number of fused-ring (bicyclic) bond motifs is 7. The minimum absolute atomic E-state index is 0.00892. The number of rotatable bonds is 9. The maximum absolute atomic E-state index is 12.0. The van der Waals surface area contributed by atoms with Gasteiger partial charge in [0.15, 0.2) is 18.4 Å². The van der Waals surface area contributed by atoms with Crippen LogP contribution in [0.4, 0.5) is 0 Å². The summed E-state index contributed by atoms with van der Waals surface area (Å²) < 4.78 is 30.4. The second kappa shape index (κ2) is 15.0. The van der Waals surface area contributed by atoms with Gasteiger partial charge in [0.25, 0.3) is 0 Å². The van der Waals surface area contributed by atoms with Crippen LogP contribution in [0.25, 0.3) is 0 Å². The first kappa shape index (κ1) is 40.6. The lowest BCUT2D eigenvalue weighted by Gasteiger charge is -2.61. The van der Waals surface area contributed by atoms with E-state index in [1.54, 1.807) is 0 Å². The van der Waals surface area contributed by atoms with Gasteiger partial charge in [0, 0.05) is 18.3 Å². The molecule has 3 heterocycles. The highest BCUT2D eigenvalue weighted by atomic mass is 16.8. The predicted octanol–water partition coefficient (Wildman–Crippen LogP) is 0.395. The van der Waals surface area contributed by atoms with E-state index in [0.717, 1.165) is 38.5 Å². The van der Waals surface area contributed by atoms with Crippen LogP contribution in [-0.4, -0.2) is 145 Å². The third kappa shape index (κ3) is 6.66. The zero-order valence-electron chi connectivity index (χ0n) is 31.9. The minimum atomic E-state index is -1.74. The summed E-state index contributed by atoms with van der Waals surface area (Å²) in [6.45, 7) is 9.90. The molecule has 0 amide bonds. The number of aliphatic hydroxyl groups is 9. The topological polar surface area (TPSA) is 228 Å². The first-order chi connectivity index (χ1) is 25.0. The Balaban J connectivity index is 1.04. The molecule has 0 bridgehead atoms. The quantitative estimate of drug-likeness (QED) is 0.145. The summed E-state index contributed by atoms with van der Waals surface area (Å²) in [5.41, 5.74) is -0.117. The molecule has 306 valence electrons. The number of aliphatic hydroxyl groups excluding tert-OH is 8. The van der Waals surface area contributed by atoms with E-state index in [9.17, 15) is 46.0 Å². The van der Waals surface area contributed by atoms with Crippen molar-refractivity contribution in [1.82, 2.24) is 0 Å². The maximum Gasteiger partial charge on any atom is 0.187 e. The second-order valence-electron chi connectivity index (χ2n) is 18.8. The Morgan fingerprint density at radius 2 is 1.36 bits per heavy atom. The van der Waals surface area contributed by atoms with Crippen molar-refractivity contribution in [2.75, 3.05) is 13.2 Å². The van der Waals surface area contributed by atoms with Gasteiger partial charge in [0.05, 0.1) is 31.5 Å². The largest absolute Gasteiger partial charge is 0.394 e. The van der Waals surface area contributed by atoms with Gasteiger partial charge in [-0.2, -0.15) is 0 Å². The smallest absolute Gasteiger partial charge is 0.187 e. The van der Waals surface area contributed by atoms with Crippen LogP contribution >= 0.6 is 0 Å². The van der Waals surface area contributed by atoms with E-state index < -0.39 is 86.5 Å². The van der Waals surface area contributed by atoms with E-state index >= 15 is 0 Å². The Morgan fingerprint density at radius 3 is 2.02 bits per heavy atom. The molecule has 7 rings (SSSR count). The molecule has 3 saturated heterocycles. The van der Waals surface area contributed by atoms with Crippen molar-refractivity contribution in [2.24, 2.45) is 52.3 Å². The molecule has 7 aliphatic rings. The van der Waals surface area contributed by atoms with Crippen molar-refractivity contribution < 1.29 is 69.6 Å². The van der Waals surface area contributed by atoms with Gasteiger partial charge >= 0.3 is 0 Å². The molecule has 0 radical (unpaired) electrons. The van der Waals surface area contributed by atoms with Crippen LogP contribution in [-0.2, 0) is 23.7 Å². The fourth-order valence-electron chi connectivity index (χ4n) is 12.7. The standard InChI is InChI=1S/C39H66O14/c1-17(2)8-13-39(48)18(3)25-33(53-39)29(44)26-21-7-6-19-14-20(9-11-37(19,4)22(21)10-12-38(25,26)5)49-36-34(31(46)28(43)24(16-41)51-36)52-35-32(47)30(45)27(42)23(15-40)50-35/h17-36,40-48H,6-16H2,1-5H3/t18-,19+,20-,21+,22-,23+,24+,25-,26-,27+,28-,29+,30-,31-,32+,33+,34+,35-,36+,37-,38-,39+/m0/s1. The Morgan fingerprint density at radius 1 is 0.717 bits per heavy atom. The summed E-state index contributed by atoms with van der Waals surface area (Å²) >= 11 is 0. The highest BCUT2D eigenvalue weighted by Gasteiger charge is 2.71. The molecule has 9 N–H and O–H groups in total. The lowest BCUT2D eigenvalue weighted by Crippen LogP contribution is -2.65. The van der Waals surface area contributed by atoms with E-state index in [4.69, 9.17) is 23.7 Å². The minimum Gasteiger partial charge on any atom is -0.394 e. The Hall–Kier alpha value is -0.560. The van der Waals surface area contributed by atoms with Gasteiger partial charge in [-0.3, -0.25) is 0 Å².